The van der Waals surface area contributed by atoms with Crippen molar-refractivity contribution < 1.29 is 4.79 Å². The van der Waals surface area contributed by atoms with E-state index in [-0.39, 0.29) is 17.8 Å². The van der Waals surface area contributed by atoms with Crippen molar-refractivity contribution in [1.29, 1.82) is 0 Å². The van der Waals surface area contributed by atoms with Crippen LogP contribution in [0.3, 0.4) is 0 Å². The van der Waals surface area contributed by atoms with E-state index in [0.717, 1.165) is 42.1 Å². The molecule has 2 heterocycles. The van der Waals surface area contributed by atoms with E-state index in [4.69, 9.17) is 5.73 Å². The maximum absolute atomic E-state index is 12.9. The maximum Gasteiger partial charge on any atom is 0.291 e. The van der Waals surface area contributed by atoms with Gasteiger partial charge in [-0.1, -0.05) is 29.8 Å². The second-order valence-electron chi connectivity index (χ2n) is 7.23. The summed E-state index contributed by atoms with van der Waals surface area (Å²) in [4.78, 5) is 25.8. The molecule has 0 unspecified atom stereocenters. The first-order valence-electron chi connectivity index (χ1n) is 9.02. The summed E-state index contributed by atoms with van der Waals surface area (Å²) in [5.41, 5.74) is 10.2. The fourth-order valence-electron chi connectivity index (χ4n) is 3.32. The minimum Gasteiger partial charge on any atom is -0.355 e. The third-order valence-electron chi connectivity index (χ3n) is 4.93. The fraction of sp³-hybridized carbons (Fsp3) is 0.450. The van der Waals surface area contributed by atoms with E-state index in [1.165, 1.54) is 5.56 Å². The van der Waals surface area contributed by atoms with Gasteiger partial charge in [-0.25, -0.2) is 9.97 Å². The third-order valence-corrected chi connectivity index (χ3v) is 4.93. The second-order valence-corrected chi connectivity index (χ2v) is 7.23. The van der Waals surface area contributed by atoms with Crippen molar-refractivity contribution >= 4 is 11.7 Å². The van der Waals surface area contributed by atoms with Gasteiger partial charge in [0.2, 0.25) is 5.82 Å². The lowest BCUT2D eigenvalue weighted by molar-refractivity contribution is 0.0772. The molecule has 0 bridgehead atoms. The fourth-order valence-corrected chi connectivity index (χ4v) is 3.32. The Labute approximate surface area is 155 Å². The van der Waals surface area contributed by atoms with Gasteiger partial charge in [0.15, 0.2) is 0 Å². The summed E-state index contributed by atoms with van der Waals surface area (Å²) in [6.45, 7) is 8.13. The lowest BCUT2D eigenvalue weighted by Gasteiger charge is -2.22. The van der Waals surface area contributed by atoms with Crippen molar-refractivity contribution in [2.45, 2.75) is 39.8 Å². The Bertz CT molecular complexity index is 820. The number of hydrogen-bond donors (Lipinski definition) is 1. The summed E-state index contributed by atoms with van der Waals surface area (Å²) in [5, 5.41) is 0. The van der Waals surface area contributed by atoms with Crippen molar-refractivity contribution in [2.24, 2.45) is 5.73 Å². The lowest BCUT2D eigenvalue weighted by atomic mass is 10.1. The molecule has 0 radical (unpaired) electrons. The average molecular weight is 353 g/mol. The predicted molar refractivity (Wildman–Crippen MR) is 103 cm³/mol. The molecule has 6 heteroatoms. The Balaban J connectivity index is 1.83. The van der Waals surface area contributed by atoms with Gasteiger partial charge in [0.1, 0.15) is 5.82 Å². The van der Waals surface area contributed by atoms with Crippen molar-refractivity contribution in [1.82, 2.24) is 14.9 Å². The van der Waals surface area contributed by atoms with Gasteiger partial charge in [0, 0.05) is 44.0 Å². The third kappa shape index (κ3) is 3.85. The largest absolute Gasteiger partial charge is 0.355 e. The van der Waals surface area contributed by atoms with Crippen molar-refractivity contribution in [2.75, 3.05) is 25.0 Å². The number of benzene rings is 1. The van der Waals surface area contributed by atoms with Crippen molar-refractivity contribution in [3.63, 3.8) is 0 Å². The normalized spacial score (nSPS) is 16.8. The van der Waals surface area contributed by atoms with Crippen LogP contribution in [0.4, 0.5) is 5.82 Å². The molecule has 1 atom stereocenters. The molecule has 138 valence electrons. The molecule has 2 aromatic rings. The molecule has 1 aromatic carbocycles. The summed E-state index contributed by atoms with van der Waals surface area (Å²) in [6, 6.07) is 8.32. The Hall–Kier alpha value is -2.47. The molecule has 1 amide bonds. The number of aryl methyl sites for hydroxylation is 2. The number of rotatable bonds is 4. The van der Waals surface area contributed by atoms with Crippen LogP contribution in [0, 0.1) is 20.8 Å². The van der Waals surface area contributed by atoms with Crippen LogP contribution in [0.2, 0.25) is 0 Å². The van der Waals surface area contributed by atoms with Gasteiger partial charge in [-0.2, -0.15) is 0 Å². The van der Waals surface area contributed by atoms with Crippen LogP contribution < -0.4 is 10.6 Å². The van der Waals surface area contributed by atoms with E-state index in [0.29, 0.717) is 6.54 Å². The van der Waals surface area contributed by atoms with E-state index < -0.39 is 0 Å². The monoisotopic (exact) mass is 353 g/mol. The zero-order chi connectivity index (χ0) is 18.8. The lowest BCUT2D eigenvalue weighted by Crippen LogP contribution is -2.31. The first-order valence-corrected chi connectivity index (χ1v) is 9.02. The number of carbonyl (C=O) groups excluding carboxylic acids is 1. The van der Waals surface area contributed by atoms with Gasteiger partial charge in [-0.3, -0.25) is 4.79 Å². The van der Waals surface area contributed by atoms with Crippen LogP contribution >= 0.6 is 0 Å². The molecule has 26 heavy (non-hydrogen) atoms. The summed E-state index contributed by atoms with van der Waals surface area (Å²) >= 11 is 0. The molecule has 1 fully saturated rings. The second kappa shape index (κ2) is 7.41. The topological polar surface area (TPSA) is 75.4 Å². The standard InChI is InChI=1S/C20H27N5O/c1-13-6-5-7-16(10-13)11-24(4)20(26)18-22-15(3)14(2)19(23-18)25-9-8-17(21)12-25/h5-7,10,17H,8-9,11-12,21H2,1-4H3/t17-/m1/s1. The van der Waals surface area contributed by atoms with Crippen molar-refractivity contribution in [3.8, 4) is 0 Å². The highest BCUT2D eigenvalue weighted by molar-refractivity contribution is 5.90. The molecular weight excluding hydrogens is 326 g/mol. The smallest absolute Gasteiger partial charge is 0.291 e. The minimum absolute atomic E-state index is 0.160. The first kappa shape index (κ1) is 18.3. The highest BCUT2D eigenvalue weighted by Crippen LogP contribution is 2.24. The number of hydrogen-bond acceptors (Lipinski definition) is 5. The quantitative estimate of drug-likeness (QED) is 0.912. The summed E-state index contributed by atoms with van der Waals surface area (Å²) in [7, 11) is 1.79. The Morgan fingerprint density at radius 1 is 1.31 bits per heavy atom. The van der Waals surface area contributed by atoms with Crippen LogP contribution in [-0.4, -0.2) is 47.0 Å². The highest BCUT2D eigenvalue weighted by Gasteiger charge is 2.25. The summed E-state index contributed by atoms with van der Waals surface area (Å²) < 4.78 is 0. The number of anilines is 1. The summed E-state index contributed by atoms with van der Waals surface area (Å²) in [6.07, 6.45) is 0.943. The molecular formula is C20H27N5O. The zero-order valence-electron chi connectivity index (χ0n) is 16.0. The Morgan fingerprint density at radius 2 is 2.08 bits per heavy atom. The molecule has 1 aromatic heterocycles. The first-order chi connectivity index (χ1) is 12.3. The molecule has 0 spiro atoms. The molecule has 1 saturated heterocycles. The maximum atomic E-state index is 12.9. The van der Waals surface area contributed by atoms with Gasteiger partial charge in [-0.05, 0) is 32.8 Å². The molecule has 0 saturated carbocycles. The molecule has 6 nitrogen and oxygen atoms in total. The van der Waals surface area contributed by atoms with Crippen LogP contribution in [0.1, 0.15) is 39.4 Å². The zero-order valence-corrected chi connectivity index (χ0v) is 16.0. The molecule has 0 aliphatic carbocycles. The van der Waals surface area contributed by atoms with Crippen LogP contribution in [0.5, 0.6) is 0 Å². The molecule has 1 aliphatic rings. The molecule has 1 aliphatic heterocycles. The molecule has 2 N–H and O–H groups in total. The van der Waals surface area contributed by atoms with Crippen LogP contribution in [0.25, 0.3) is 0 Å². The number of aromatic nitrogens is 2. The van der Waals surface area contributed by atoms with Gasteiger partial charge in [0.25, 0.3) is 5.91 Å². The number of nitrogens with two attached hydrogens (primary N) is 1. The number of carbonyl (C=O) groups is 1. The highest BCUT2D eigenvalue weighted by atomic mass is 16.2. The van der Waals surface area contributed by atoms with E-state index in [9.17, 15) is 4.79 Å². The number of amides is 1. The van der Waals surface area contributed by atoms with E-state index in [2.05, 4.69) is 20.9 Å². The van der Waals surface area contributed by atoms with Crippen LogP contribution in [0.15, 0.2) is 24.3 Å². The average Bonchev–Trinajstić information content (AvgIpc) is 3.02. The van der Waals surface area contributed by atoms with E-state index in [1.807, 2.05) is 39.0 Å². The van der Waals surface area contributed by atoms with Crippen LogP contribution in [-0.2, 0) is 6.54 Å². The molecule has 3 rings (SSSR count). The predicted octanol–water partition coefficient (Wildman–Crippen LogP) is 2.21. The van der Waals surface area contributed by atoms with E-state index in [1.54, 1.807) is 11.9 Å². The van der Waals surface area contributed by atoms with E-state index >= 15 is 0 Å². The summed E-state index contributed by atoms with van der Waals surface area (Å²) in [5.74, 6) is 0.913. The van der Waals surface area contributed by atoms with Gasteiger partial charge in [0.05, 0.1) is 0 Å². The Morgan fingerprint density at radius 3 is 2.73 bits per heavy atom. The van der Waals surface area contributed by atoms with Gasteiger partial charge in [-0.15, -0.1) is 0 Å². The minimum atomic E-state index is -0.167. The number of nitrogens with zero attached hydrogens (tertiary/aromatic N) is 4. The Kier molecular flexibility index (Phi) is 5.23. The van der Waals surface area contributed by atoms with Crippen molar-refractivity contribution in [3.05, 3.63) is 52.5 Å². The van der Waals surface area contributed by atoms with Gasteiger partial charge < -0.3 is 15.5 Å². The SMILES string of the molecule is Cc1cccc(CN(C)C(=O)c2nc(C)c(C)c(N3CC[C@@H](N)C3)n2)c1. The van der Waals surface area contributed by atoms with Gasteiger partial charge >= 0.3 is 0 Å².